The average Bonchev–Trinajstić information content (AvgIpc) is 2.89. The third kappa shape index (κ3) is 7.39. The summed E-state index contributed by atoms with van der Waals surface area (Å²) in [6.45, 7) is 8.26. The lowest BCUT2D eigenvalue weighted by atomic mass is 10.3. The predicted octanol–water partition coefficient (Wildman–Crippen LogP) is 4.04. The number of hydrogen-bond donors (Lipinski definition) is 0. The van der Waals surface area contributed by atoms with Gasteiger partial charge in [-0.1, -0.05) is 33.8 Å². The van der Waals surface area contributed by atoms with Crippen molar-refractivity contribution in [2.24, 2.45) is 7.05 Å². The summed E-state index contributed by atoms with van der Waals surface area (Å²) < 4.78 is 2.06. The summed E-state index contributed by atoms with van der Waals surface area (Å²) in [5.41, 5.74) is 1.16. The minimum atomic E-state index is 1.03. The molecular formula is C16H27N3. The second-order valence-electron chi connectivity index (χ2n) is 3.88. The smallest absolute Gasteiger partial charge is 0.108 e. The molecular weight excluding hydrogens is 234 g/mol. The maximum absolute atomic E-state index is 4.17. The van der Waals surface area contributed by atoms with E-state index < -0.39 is 0 Å². The topological polar surface area (TPSA) is 30.7 Å². The fourth-order valence-corrected chi connectivity index (χ4v) is 1.47. The van der Waals surface area contributed by atoms with Crippen LogP contribution in [-0.2, 0) is 19.9 Å². The van der Waals surface area contributed by atoms with Crippen LogP contribution in [0.1, 0.15) is 45.6 Å². The Labute approximate surface area is 117 Å². The van der Waals surface area contributed by atoms with Crippen LogP contribution >= 0.6 is 0 Å². The lowest BCUT2D eigenvalue weighted by Gasteiger charge is -1.95. The molecule has 106 valence electrons. The van der Waals surface area contributed by atoms with Crippen molar-refractivity contribution in [3.05, 3.63) is 48.3 Å². The largest absolute Gasteiger partial charge is 0.338 e. The molecule has 2 heterocycles. The van der Waals surface area contributed by atoms with Gasteiger partial charge in [0.2, 0.25) is 0 Å². The van der Waals surface area contributed by atoms with E-state index in [9.17, 15) is 0 Å². The number of aromatic nitrogens is 3. The van der Waals surface area contributed by atoms with E-state index in [4.69, 9.17) is 0 Å². The van der Waals surface area contributed by atoms with Gasteiger partial charge < -0.3 is 4.57 Å². The van der Waals surface area contributed by atoms with E-state index in [0.717, 1.165) is 18.5 Å². The van der Waals surface area contributed by atoms with E-state index in [0.29, 0.717) is 0 Å². The normalized spacial score (nSPS) is 8.89. The maximum atomic E-state index is 4.17. The van der Waals surface area contributed by atoms with E-state index >= 15 is 0 Å². The van der Waals surface area contributed by atoms with E-state index in [1.807, 2.05) is 57.7 Å². The molecule has 0 aliphatic carbocycles. The van der Waals surface area contributed by atoms with Crippen LogP contribution in [0.25, 0.3) is 0 Å². The lowest BCUT2D eigenvalue weighted by Crippen LogP contribution is -1.95. The number of aryl methyl sites for hydroxylation is 3. The molecule has 0 spiro atoms. The van der Waals surface area contributed by atoms with Gasteiger partial charge in [0, 0.05) is 37.8 Å². The highest BCUT2D eigenvalue weighted by atomic mass is 15.0. The van der Waals surface area contributed by atoms with Crippen LogP contribution < -0.4 is 0 Å². The summed E-state index contributed by atoms with van der Waals surface area (Å²) in [6.07, 6.45) is 8.92. The van der Waals surface area contributed by atoms with Gasteiger partial charge in [-0.3, -0.25) is 4.98 Å². The third-order valence-corrected chi connectivity index (χ3v) is 2.48. The standard InChI is InChI=1S/C7H12N2.C7H9N.C2H6/c1-3-4-7-8-5-6-9(7)2;1-2-7-5-3-4-6-8-7;1-2/h5-6H,3-4H2,1-2H3;3-6H,2H2,1H3;1-2H3. The zero-order valence-corrected chi connectivity index (χ0v) is 12.9. The highest BCUT2D eigenvalue weighted by Gasteiger charge is 1.93. The molecule has 2 aromatic heterocycles. The molecule has 0 unspecified atom stereocenters. The Bertz CT molecular complexity index is 407. The number of rotatable bonds is 3. The Morgan fingerprint density at radius 3 is 2.16 bits per heavy atom. The van der Waals surface area contributed by atoms with Crippen molar-refractivity contribution in [2.75, 3.05) is 0 Å². The van der Waals surface area contributed by atoms with Crippen molar-refractivity contribution in [1.29, 1.82) is 0 Å². The van der Waals surface area contributed by atoms with Gasteiger partial charge in [0.25, 0.3) is 0 Å². The van der Waals surface area contributed by atoms with Crippen LogP contribution in [0.3, 0.4) is 0 Å². The van der Waals surface area contributed by atoms with Gasteiger partial charge in [0.15, 0.2) is 0 Å². The number of hydrogen-bond acceptors (Lipinski definition) is 2. The predicted molar refractivity (Wildman–Crippen MR) is 82.2 cm³/mol. The van der Waals surface area contributed by atoms with Crippen LogP contribution in [0.5, 0.6) is 0 Å². The van der Waals surface area contributed by atoms with Crippen LogP contribution in [0.15, 0.2) is 36.8 Å². The summed E-state index contributed by atoms with van der Waals surface area (Å²) in [4.78, 5) is 8.27. The molecule has 0 amide bonds. The van der Waals surface area contributed by atoms with Crippen LogP contribution in [0, 0.1) is 0 Å². The molecule has 2 aromatic rings. The molecule has 0 aliphatic heterocycles. The highest BCUT2D eigenvalue weighted by molar-refractivity contribution is 5.02. The summed E-state index contributed by atoms with van der Waals surface area (Å²) in [6, 6.07) is 5.96. The fourth-order valence-electron chi connectivity index (χ4n) is 1.47. The molecule has 0 radical (unpaired) electrons. The zero-order valence-electron chi connectivity index (χ0n) is 12.9. The SMILES string of the molecule is CC.CCCc1nccn1C.CCc1ccccn1. The number of pyridine rings is 1. The van der Waals surface area contributed by atoms with Crippen LogP contribution in [-0.4, -0.2) is 14.5 Å². The van der Waals surface area contributed by atoms with Crippen molar-refractivity contribution in [2.45, 2.75) is 47.0 Å². The molecule has 0 aliphatic rings. The Morgan fingerprint density at radius 1 is 1.05 bits per heavy atom. The van der Waals surface area contributed by atoms with Gasteiger partial charge in [0.05, 0.1) is 0 Å². The van der Waals surface area contributed by atoms with Gasteiger partial charge >= 0.3 is 0 Å². The Balaban J connectivity index is 0.000000303. The van der Waals surface area contributed by atoms with Gasteiger partial charge in [-0.05, 0) is 25.0 Å². The first kappa shape index (κ1) is 17.4. The van der Waals surface area contributed by atoms with Crippen molar-refractivity contribution >= 4 is 0 Å². The first-order chi connectivity index (χ1) is 9.27. The molecule has 0 aromatic carbocycles. The monoisotopic (exact) mass is 261 g/mol. The molecule has 0 N–H and O–H groups in total. The Hall–Kier alpha value is -1.64. The maximum Gasteiger partial charge on any atom is 0.108 e. The Morgan fingerprint density at radius 2 is 1.79 bits per heavy atom. The number of imidazole rings is 1. The fraction of sp³-hybridized carbons (Fsp3) is 0.500. The lowest BCUT2D eigenvalue weighted by molar-refractivity contribution is 0.759. The van der Waals surface area contributed by atoms with Gasteiger partial charge in [0.1, 0.15) is 5.82 Å². The quantitative estimate of drug-likeness (QED) is 0.834. The van der Waals surface area contributed by atoms with E-state index in [-0.39, 0.29) is 0 Å². The van der Waals surface area contributed by atoms with Crippen molar-refractivity contribution in [3.8, 4) is 0 Å². The first-order valence-corrected chi connectivity index (χ1v) is 7.14. The van der Waals surface area contributed by atoms with Crippen LogP contribution in [0.4, 0.5) is 0 Å². The van der Waals surface area contributed by atoms with Crippen molar-refractivity contribution < 1.29 is 0 Å². The van der Waals surface area contributed by atoms with Crippen molar-refractivity contribution in [1.82, 2.24) is 14.5 Å². The minimum absolute atomic E-state index is 1.03. The summed E-state index contributed by atoms with van der Waals surface area (Å²) >= 11 is 0. The van der Waals surface area contributed by atoms with Gasteiger partial charge in [-0.15, -0.1) is 0 Å². The molecule has 3 nitrogen and oxygen atoms in total. The average molecular weight is 261 g/mol. The van der Waals surface area contributed by atoms with Crippen LogP contribution in [0.2, 0.25) is 0 Å². The third-order valence-electron chi connectivity index (χ3n) is 2.48. The van der Waals surface area contributed by atoms with Gasteiger partial charge in [-0.25, -0.2) is 4.98 Å². The molecule has 0 saturated heterocycles. The first-order valence-electron chi connectivity index (χ1n) is 7.14. The molecule has 0 atom stereocenters. The molecule has 2 rings (SSSR count). The molecule has 0 bridgehead atoms. The Kier molecular flexibility index (Phi) is 10.5. The van der Waals surface area contributed by atoms with E-state index in [1.54, 1.807) is 0 Å². The summed E-state index contributed by atoms with van der Waals surface area (Å²) in [5.74, 6) is 1.18. The minimum Gasteiger partial charge on any atom is -0.338 e. The summed E-state index contributed by atoms with van der Waals surface area (Å²) in [5, 5.41) is 0. The highest BCUT2D eigenvalue weighted by Crippen LogP contribution is 1.96. The van der Waals surface area contributed by atoms with E-state index in [1.165, 1.54) is 12.2 Å². The molecule has 0 fully saturated rings. The molecule has 19 heavy (non-hydrogen) atoms. The summed E-state index contributed by atoms with van der Waals surface area (Å²) in [7, 11) is 2.03. The van der Waals surface area contributed by atoms with Gasteiger partial charge in [-0.2, -0.15) is 0 Å². The zero-order chi connectivity index (χ0) is 14.5. The molecule has 0 saturated carbocycles. The van der Waals surface area contributed by atoms with E-state index in [2.05, 4.69) is 28.4 Å². The number of nitrogens with zero attached hydrogens (tertiary/aromatic N) is 3. The second-order valence-corrected chi connectivity index (χ2v) is 3.88. The molecule has 3 heteroatoms. The van der Waals surface area contributed by atoms with Crippen molar-refractivity contribution in [3.63, 3.8) is 0 Å². The second kappa shape index (κ2) is 11.5.